The highest BCUT2D eigenvalue weighted by molar-refractivity contribution is 5.90. The smallest absolute Gasteiger partial charge is 0.331 e. The van der Waals surface area contributed by atoms with Gasteiger partial charge in [0, 0.05) is 12.6 Å². The molecule has 0 saturated heterocycles. The van der Waals surface area contributed by atoms with Crippen molar-refractivity contribution >= 4 is 18.0 Å². The summed E-state index contributed by atoms with van der Waals surface area (Å²) < 4.78 is 18.1. The van der Waals surface area contributed by atoms with Crippen LogP contribution in [-0.4, -0.2) is 24.5 Å². The van der Waals surface area contributed by atoms with E-state index >= 15 is 0 Å². The van der Waals surface area contributed by atoms with Gasteiger partial charge >= 0.3 is 5.97 Å². The normalized spacial score (nSPS) is 15.5. The van der Waals surface area contributed by atoms with Crippen molar-refractivity contribution in [3.05, 3.63) is 53.4 Å². The fourth-order valence-electron chi connectivity index (χ4n) is 2.66. The number of hydrogen-bond acceptors (Lipinski definition) is 3. The van der Waals surface area contributed by atoms with Crippen molar-refractivity contribution in [2.45, 2.75) is 45.1 Å². The van der Waals surface area contributed by atoms with Crippen LogP contribution in [0.15, 0.2) is 42.0 Å². The zero-order valence-electron chi connectivity index (χ0n) is 14.5. The highest BCUT2D eigenvalue weighted by atomic mass is 19.1. The minimum atomic E-state index is -0.870. The molecule has 0 bridgehead atoms. The van der Waals surface area contributed by atoms with E-state index in [1.54, 1.807) is 12.1 Å². The van der Waals surface area contributed by atoms with E-state index in [0.29, 0.717) is 12.1 Å². The number of nitrogens with one attached hydrogen (secondary N) is 1. The number of allylic oxidation sites excluding steroid dienone is 1. The molecule has 2 rings (SSSR count). The van der Waals surface area contributed by atoms with Crippen LogP contribution in [0.2, 0.25) is 0 Å². The molecule has 0 aromatic heterocycles. The van der Waals surface area contributed by atoms with Gasteiger partial charge < -0.3 is 10.1 Å². The average Bonchev–Trinajstić information content (AvgIpc) is 2.61. The molecule has 0 heterocycles. The Morgan fingerprint density at radius 3 is 2.92 bits per heavy atom. The number of rotatable bonds is 7. The van der Waals surface area contributed by atoms with Gasteiger partial charge in [-0.1, -0.05) is 23.8 Å². The molecule has 1 N–H and O–H groups in total. The van der Waals surface area contributed by atoms with Crippen LogP contribution in [0, 0.1) is 5.82 Å². The van der Waals surface area contributed by atoms with Crippen molar-refractivity contribution < 1.29 is 18.7 Å². The van der Waals surface area contributed by atoms with Crippen LogP contribution in [-0.2, 0) is 14.3 Å². The van der Waals surface area contributed by atoms with Gasteiger partial charge in [0.1, 0.15) is 5.82 Å². The molecule has 0 unspecified atom stereocenters. The molecule has 0 fully saturated rings. The molecule has 1 aliphatic carbocycles. The number of amides is 1. The summed E-state index contributed by atoms with van der Waals surface area (Å²) in [6.45, 7) is 2.08. The number of carbonyl (C=O) groups excluding carboxylic acids is 2. The zero-order chi connectivity index (χ0) is 18.1. The SMILES string of the molecule is C[C@@H](OC(=O)/C=C/c1cccc(F)c1)C(=O)NCCC1=CCCCC1. The fraction of sp³-hybridized carbons (Fsp3) is 0.400. The van der Waals surface area contributed by atoms with Gasteiger partial charge in [-0.05, 0) is 62.8 Å². The second kappa shape index (κ2) is 9.77. The first-order chi connectivity index (χ1) is 12.0. The Bertz CT molecular complexity index is 667. The molecule has 134 valence electrons. The first-order valence-electron chi connectivity index (χ1n) is 8.64. The number of carbonyl (C=O) groups is 2. The van der Waals surface area contributed by atoms with Crippen LogP contribution in [0.25, 0.3) is 6.08 Å². The Labute approximate surface area is 147 Å². The Kier molecular flexibility index (Phi) is 7.38. The number of esters is 1. The van der Waals surface area contributed by atoms with Gasteiger partial charge in [-0.25, -0.2) is 9.18 Å². The quantitative estimate of drug-likeness (QED) is 0.465. The first kappa shape index (κ1) is 18.9. The van der Waals surface area contributed by atoms with Crippen LogP contribution in [0.1, 0.15) is 44.6 Å². The van der Waals surface area contributed by atoms with Crippen molar-refractivity contribution in [1.82, 2.24) is 5.32 Å². The summed E-state index contributed by atoms with van der Waals surface area (Å²) in [6, 6.07) is 5.85. The third kappa shape index (κ3) is 6.91. The van der Waals surface area contributed by atoms with E-state index in [0.717, 1.165) is 19.3 Å². The zero-order valence-corrected chi connectivity index (χ0v) is 14.5. The van der Waals surface area contributed by atoms with Gasteiger partial charge in [-0.2, -0.15) is 0 Å². The molecule has 0 aliphatic heterocycles. The first-order valence-corrected chi connectivity index (χ1v) is 8.64. The molecular formula is C20H24FNO3. The van der Waals surface area contributed by atoms with E-state index in [1.807, 2.05) is 0 Å². The molecule has 1 aromatic carbocycles. The van der Waals surface area contributed by atoms with Crippen LogP contribution < -0.4 is 5.32 Å². The number of hydrogen-bond donors (Lipinski definition) is 1. The summed E-state index contributed by atoms with van der Waals surface area (Å²) >= 11 is 0. The lowest BCUT2D eigenvalue weighted by atomic mass is 9.97. The molecule has 0 radical (unpaired) electrons. The largest absolute Gasteiger partial charge is 0.449 e. The maximum Gasteiger partial charge on any atom is 0.331 e. The minimum absolute atomic E-state index is 0.316. The van der Waals surface area contributed by atoms with Crippen LogP contribution in [0.3, 0.4) is 0 Å². The van der Waals surface area contributed by atoms with E-state index in [4.69, 9.17) is 4.74 Å². The van der Waals surface area contributed by atoms with Gasteiger partial charge in [0.15, 0.2) is 6.10 Å². The second-order valence-electron chi connectivity index (χ2n) is 6.12. The van der Waals surface area contributed by atoms with Crippen molar-refractivity contribution in [3.63, 3.8) is 0 Å². The van der Waals surface area contributed by atoms with E-state index in [9.17, 15) is 14.0 Å². The maximum atomic E-state index is 13.1. The van der Waals surface area contributed by atoms with E-state index in [-0.39, 0.29) is 11.7 Å². The van der Waals surface area contributed by atoms with Gasteiger partial charge in [-0.15, -0.1) is 0 Å². The van der Waals surface area contributed by atoms with Gasteiger partial charge in [-0.3, -0.25) is 4.79 Å². The van der Waals surface area contributed by atoms with Crippen molar-refractivity contribution in [2.75, 3.05) is 6.54 Å². The summed E-state index contributed by atoms with van der Waals surface area (Å²) in [5.74, 6) is -1.33. The van der Waals surface area contributed by atoms with Crippen LogP contribution in [0.5, 0.6) is 0 Å². The monoisotopic (exact) mass is 345 g/mol. The molecule has 4 nitrogen and oxygen atoms in total. The molecular weight excluding hydrogens is 321 g/mol. The summed E-state index contributed by atoms with van der Waals surface area (Å²) in [5.41, 5.74) is 1.93. The Balaban J connectivity index is 1.72. The molecule has 1 aliphatic rings. The lowest BCUT2D eigenvalue weighted by Crippen LogP contribution is -2.36. The lowest BCUT2D eigenvalue weighted by molar-refractivity contribution is -0.150. The summed E-state index contributed by atoms with van der Waals surface area (Å²) in [5, 5.41) is 2.79. The predicted molar refractivity (Wildman–Crippen MR) is 95.2 cm³/mol. The van der Waals surface area contributed by atoms with Gasteiger partial charge in [0.05, 0.1) is 0 Å². The summed E-state index contributed by atoms with van der Waals surface area (Å²) in [4.78, 5) is 23.7. The van der Waals surface area contributed by atoms with Crippen LogP contribution >= 0.6 is 0 Å². The summed E-state index contributed by atoms with van der Waals surface area (Å²) in [7, 11) is 0. The van der Waals surface area contributed by atoms with Gasteiger partial charge in [0.2, 0.25) is 0 Å². The Hall–Kier alpha value is -2.43. The number of halogens is 1. The maximum absolute atomic E-state index is 13.1. The second-order valence-corrected chi connectivity index (χ2v) is 6.12. The lowest BCUT2D eigenvalue weighted by Gasteiger charge is -2.15. The van der Waals surface area contributed by atoms with Crippen molar-refractivity contribution in [1.29, 1.82) is 0 Å². The Morgan fingerprint density at radius 1 is 1.36 bits per heavy atom. The molecule has 5 heteroatoms. The van der Waals surface area contributed by atoms with E-state index in [1.165, 1.54) is 49.6 Å². The Morgan fingerprint density at radius 2 is 2.20 bits per heavy atom. The highest BCUT2D eigenvalue weighted by Crippen LogP contribution is 2.19. The number of ether oxygens (including phenoxy) is 1. The number of benzene rings is 1. The molecule has 1 aromatic rings. The molecule has 1 amide bonds. The third-order valence-corrected chi connectivity index (χ3v) is 4.05. The fourth-order valence-corrected chi connectivity index (χ4v) is 2.66. The van der Waals surface area contributed by atoms with Crippen molar-refractivity contribution in [3.8, 4) is 0 Å². The third-order valence-electron chi connectivity index (χ3n) is 4.05. The van der Waals surface area contributed by atoms with Crippen molar-refractivity contribution in [2.24, 2.45) is 0 Å². The molecule has 0 spiro atoms. The van der Waals surface area contributed by atoms with E-state index in [2.05, 4.69) is 11.4 Å². The molecule has 25 heavy (non-hydrogen) atoms. The predicted octanol–water partition coefficient (Wildman–Crippen LogP) is 3.78. The van der Waals surface area contributed by atoms with Gasteiger partial charge in [0.25, 0.3) is 5.91 Å². The molecule has 0 saturated carbocycles. The van der Waals surface area contributed by atoms with E-state index < -0.39 is 12.1 Å². The average molecular weight is 345 g/mol. The highest BCUT2D eigenvalue weighted by Gasteiger charge is 2.16. The topological polar surface area (TPSA) is 55.4 Å². The minimum Gasteiger partial charge on any atom is -0.449 e. The van der Waals surface area contributed by atoms with Crippen LogP contribution in [0.4, 0.5) is 4.39 Å². The molecule has 1 atom stereocenters. The summed E-state index contributed by atoms with van der Waals surface area (Å²) in [6.07, 6.45) is 9.53. The standard InChI is InChI=1S/C20H24FNO3/c1-15(20(24)22-13-12-16-6-3-2-4-7-16)25-19(23)11-10-17-8-5-9-18(21)14-17/h5-6,8-11,14-15H,2-4,7,12-13H2,1H3,(H,22,24)/b11-10+/t15-/m1/s1.